The first-order chi connectivity index (χ1) is 6.95. The second kappa shape index (κ2) is 5.69. The van der Waals surface area contributed by atoms with Gasteiger partial charge in [0, 0.05) is 13.2 Å². The zero-order valence-corrected chi connectivity index (χ0v) is 8.93. The van der Waals surface area contributed by atoms with E-state index in [1.54, 1.807) is 0 Å². The molecule has 0 bridgehead atoms. The summed E-state index contributed by atoms with van der Waals surface area (Å²) in [5.74, 6) is 1.69. The van der Waals surface area contributed by atoms with Gasteiger partial charge in [0.15, 0.2) is 0 Å². The van der Waals surface area contributed by atoms with Gasteiger partial charge in [0.05, 0.1) is 6.61 Å². The van der Waals surface area contributed by atoms with Gasteiger partial charge < -0.3 is 15.4 Å². The summed E-state index contributed by atoms with van der Waals surface area (Å²) in [5, 5.41) is 6.95. The Morgan fingerprint density at radius 2 is 2.29 bits per heavy atom. The molecule has 2 rings (SSSR count). The van der Waals surface area contributed by atoms with Gasteiger partial charge in [-0.25, -0.2) is 0 Å². The van der Waals surface area contributed by atoms with Gasteiger partial charge in [0.2, 0.25) is 0 Å². The molecular weight excluding hydrogens is 176 g/mol. The molecule has 3 heteroatoms. The number of ether oxygens (including phenoxy) is 1. The van der Waals surface area contributed by atoms with Crippen LogP contribution in [0.3, 0.4) is 0 Å². The summed E-state index contributed by atoms with van der Waals surface area (Å²) < 4.78 is 5.34. The molecule has 2 heterocycles. The van der Waals surface area contributed by atoms with Crippen LogP contribution in [0, 0.1) is 11.8 Å². The standard InChI is InChI=1S/C11H22N2O/c1-4-12-7-10(1)2-5-13-8-11-3-6-14-9-11/h10-13H,1-9H2. The Morgan fingerprint density at radius 3 is 3.00 bits per heavy atom. The molecule has 2 N–H and O–H groups in total. The molecule has 2 fully saturated rings. The molecule has 2 aliphatic rings. The van der Waals surface area contributed by atoms with Crippen LogP contribution in [0.25, 0.3) is 0 Å². The molecular formula is C11H22N2O. The average Bonchev–Trinajstić information content (AvgIpc) is 2.86. The van der Waals surface area contributed by atoms with Gasteiger partial charge in [-0.05, 0) is 50.7 Å². The Hall–Kier alpha value is -0.120. The van der Waals surface area contributed by atoms with Crippen molar-refractivity contribution in [3.8, 4) is 0 Å². The first-order valence-corrected chi connectivity index (χ1v) is 5.94. The van der Waals surface area contributed by atoms with Crippen LogP contribution >= 0.6 is 0 Å². The van der Waals surface area contributed by atoms with Crippen molar-refractivity contribution in [2.75, 3.05) is 39.4 Å². The second-order valence-corrected chi connectivity index (χ2v) is 4.58. The first-order valence-electron chi connectivity index (χ1n) is 5.94. The monoisotopic (exact) mass is 198 g/mol. The summed E-state index contributed by atoms with van der Waals surface area (Å²) in [5.41, 5.74) is 0. The molecule has 2 atom stereocenters. The van der Waals surface area contributed by atoms with Crippen LogP contribution in [-0.4, -0.2) is 39.4 Å². The van der Waals surface area contributed by atoms with Crippen LogP contribution < -0.4 is 10.6 Å². The van der Waals surface area contributed by atoms with Crippen molar-refractivity contribution in [2.45, 2.75) is 19.3 Å². The zero-order chi connectivity index (χ0) is 9.64. The van der Waals surface area contributed by atoms with Crippen molar-refractivity contribution in [1.29, 1.82) is 0 Å². The summed E-state index contributed by atoms with van der Waals surface area (Å²) in [4.78, 5) is 0. The van der Waals surface area contributed by atoms with E-state index in [-0.39, 0.29) is 0 Å². The number of hydrogen-bond donors (Lipinski definition) is 2. The van der Waals surface area contributed by atoms with Crippen LogP contribution in [0.2, 0.25) is 0 Å². The number of hydrogen-bond acceptors (Lipinski definition) is 3. The smallest absolute Gasteiger partial charge is 0.0507 e. The topological polar surface area (TPSA) is 33.3 Å². The molecule has 14 heavy (non-hydrogen) atoms. The number of rotatable bonds is 5. The lowest BCUT2D eigenvalue weighted by Crippen LogP contribution is -2.25. The van der Waals surface area contributed by atoms with E-state index in [9.17, 15) is 0 Å². The zero-order valence-electron chi connectivity index (χ0n) is 8.93. The fraction of sp³-hybridized carbons (Fsp3) is 1.00. The minimum absolute atomic E-state index is 0.775. The van der Waals surface area contributed by atoms with Gasteiger partial charge in [0.1, 0.15) is 0 Å². The molecule has 0 saturated carbocycles. The molecule has 0 radical (unpaired) electrons. The third-order valence-corrected chi connectivity index (χ3v) is 3.35. The first kappa shape index (κ1) is 10.4. The highest BCUT2D eigenvalue weighted by atomic mass is 16.5. The molecule has 0 aromatic rings. The minimum atomic E-state index is 0.775. The van der Waals surface area contributed by atoms with Crippen molar-refractivity contribution < 1.29 is 4.74 Å². The largest absolute Gasteiger partial charge is 0.381 e. The normalized spacial score (nSPS) is 32.6. The van der Waals surface area contributed by atoms with Gasteiger partial charge in [-0.15, -0.1) is 0 Å². The lowest BCUT2D eigenvalue weighted by Gasteiger charge is -2.11. The molecule has 0 amide bonds. The van der Waals surface area contributed by atoms with Crippen LogP contribution in [0.4, 0.5) is 0 Å². The van der Waals surface area contributed by atoms with E-state index in [0.717, 1.165) is 31.6 Å². The Balaban J connectivity index is 1.46. The fourth-order valence-electron chi connectivity index (χ4n) is 2.32. The second-order valence-electron chi connectivity index (χ2n) is 4.58. The molecule has 0 aliphatic carbocycles. The van der Waals surface area contributed by atoms with Crippen molar-refractivity contribution in [1.82, 2.24) is 10.6 Å². The van der Waals surface area contributed by atoms with Gasteiger partial charge in [-0.1, -0.05) is 0 Å². The van der Waals surface area contributed by atoms with E-state index in [4.69, 9.17) is 4.74 Å². The Bertz CT molecular complexity index is 133. The van der Waals surface area contributed by atoms with E-state index in [0.29, 0.717) is 0 Å². The van der Waals surface area contributed by atoms with Crippen LogP contribution in [0.5, 0.6) is 0 Å². The lowest BCUT2D eigenvalue weighted by atomic mass is 10.0. The fourth-order valence-corrected chi connectivity index (χ4v) is 2.32. The van der Waals surface area contributed by atoms with Crippen molar-refractivity contribution in [2.24, 2.45) is 11.8 Å². The molecule has 2 unspecified atom stereocenters. The summed E-state index contributed by atoms with van der Waals surface area (Å²) in [6.45, 7) is 6.73. The summed E-state index contributed by atoms with van der Waals surface area (Å²) >= 11 is 0. The molecule has 0 aromatic heterocycles. The van der Waals surface area contributed by atoms with Crippen LogP contribution in [-0.2, 0) is 4.74 Å². The van der Waals surface area contributed by atoms with E-state index in [1.165, 1.54) is 38.9 Å². The predicted molar refractivity (Wildman–Crippen MR) is 57.4 cm³/mol. The van der Waals surface area contributed by atoms with Gasteiger partial charge in [-0.3, -0.25) is 0 Å². The molecule has 0 spiro atoms. The van der Waals surface area contributed by atoms with E-state index in [1.807, 2.05) is 0 Å². The number of nitrogens with one attached hydrogen (secondary N) is 2. The highest BCUT2D eigenvalue weighted by molar-refractivity contribution is 4.72. The quantitative estimate of drug-likeness (QED) is 0.635. The van der Waals surface area contributed by atoms with Crippen LogP contribution in [0.1, 0.15) is 19.3 Å². The van der Waals surface area contributed by atoms with Gasteiger partial charge in [0.25, 0.3) is 0 Å². The van der Waals surface area contributed by atoms with E-state index in [2.05, 4.69) is 10.6 Å². The third-order valence-electron chi connectivity index (χ3n) is 3.35. The predicted octanol–water partition coefficient (Wildman–Crippen LogP) is 0.612. The molecule has 2 aliphatic heterocycles. The van der Waals surface area contributed by atoms with Crippen LogP contribution in [0.15, 0.2) is 0 Å². The highest BCUT2D eigenvalue weighted by Crippen LogP contribution is 2.12. The summed E-state index contributed by atoms with van der Waals surface area (Å²) in [6, 6.07) is 0. The molecule has 3 nitrogen and oxygen atoms in total. The Morgan fingerprint density at radius 1 is 1.29 bits per heavy atom. The maximum absolute atomic E-state index is 5.34. The van der Waals surface area contributed by atoms with E-state index >= 15 is 0 Å². The van der Waals surface area contributed by atoms with Crippen molar-refractivity contribution >= 4 is 0 Å². The lowest BCUT2D eigenvalue weighted by molar-refractivity contribution is 0.185. The maximum Gasteiger partial charge on any atom is 0.0507 e. The van der Waals surface area contributed by atoms with Crippen molar-refractivity contribution in [3.05, 3.63) is 0 Å². The summed E-state index contributed by atoms with van der Waals surface area (Å²) in [6.07, 6.45) is 3.95. The van der Waals surface area contributed by atoms with Gasteiger partial charge >= 0.3 is 0 Å². The Kier molecular flexibility index (Phi) is 4.22. The summed E-state index contributed by atoms with van der Waals surface area (Å²) in [7, 11) is 0. The maximum atomic E-state index is 5.34. The van der Waals surface area contributed by atoms with Crippen molar-refractivity contribution in [3.63, 3.8) is 0 Å². The Labute approximate surface area is 86.6 Å². The average molecular weight is 198 g/mol. The molecule has 0 aromatic carbocycles. The SMILES string of the molecule is C1CC(CCNCC2CCOC2)CN1. The molecule has 82 valence electrons. The van der Waals surface area contributed by atoms with Gasteiger partial charge in [-0.2, -0.15) is 0 Å². The highest BCUT2D eigenvalue weighted by Gasteiger charge is 2.16. The molecule has 2 saturated heterocycles. The minimum Gasteiger partial charge on any atom is -0.381 e. The third kappa shape index (κ3) is 3.23. The van der Waals surface area contributed by atoms with E-state index < -0.39 is 0 Å².